The van der Waals surface area contributed by atoms with Gasteiger partial charge in [-0.05, 0) is 35.0 Å². The van der Waals surface area contributed by atoms with E-state index >= 15 is 0 Å². The predicted molar refractivity (Wildman–Crippen MR) is 62.6 cm³/mol. The first-order valence-electron chi connectivity index (χ1n) is 4.63. The number of aromatic nitrogens is 3. The molecular weight excluding hydrogens is 256 g/mol. The predicted octanol–water partition coefficient (Wildman–Crippen LogP) is 2.74. The molecule has 0 amide bonds. The van der Waals surface area contributed by atoms with Crippen LogP contribution in [0.3, 0.4) is 0 Å². The van der Waals surface area contributed by atoms with Crippen molar-refractivity contribution in [1.29, 1.82) is 0 Å². The number of hydrogen-bond donors (Lipinski definition) is 2. The fourth-order valence-corrected chi connectivity index (χ4v) is 1.65. The maximum absolute atomic E-state index is 4.23. The molecule has 0 spiro atoms. The van der Waals surface area contributed by atoms with Crippen LogP contribution in [0, 0.1) is 0 Å². The molecule has 4 nitrogen and oxygen atoms in total. The number of rotatable bonds is 3. The zero-order valence-electron chi connectivity index (χ0n) is 8.24. The van der Waals surface area contributed by atoms with Gasteiger partial charge in [-0.3, -0.25) is 0 Å². The minimum Gasteiger partial charge on any atom is -0.359 e. The van der Waals surface area contributed by atoms with E-state index in [0.29, 0.717) is 0 Å². The molecule has 0 radical (unpaired) electrons. The zero-order valence-corrected chi connectivity index (χ0v) is 9.82. The third kappa shape index (κ3) is 2.36. The fraction of sp³-hybridized carbons (Fsp3) is 0.200. The highest BCUT2D eigenvalue weighted by molar-refractivity contribution is 9.10. The maximum Gasteiger partial charge on any atom is 0.140 e. The Morgan fingerprint density at radius 3 is 2.93 bits per heavy atom. The van der Waals surface area contributed by atoms with Crippen LogP contribution in [0.1, 0.15) is 18.8 Å². The quantitative estimate of drug-likeness (QED) is 0.899. The number of nitrogens with zero attached hydrogens (tertiary/aromatic N) is 2. The third-order valence-electron chi connectivity index (χ3n) is 2.04. The third-order valence-corrected chi connectivity index (χ3v) is 2.68. The van der Waals surface area contributed by atoms with Gasteiger partial charge in [-0.25, -0.2) is 9.97 Å². The first-order valence-corrected chi connectivity index (χ1v) is 5.43. The standard InChI is InChI=1S/C10H11BrN4/c1-7(9-13-5-6-14-9)15-10-8(11)3-2-4-12-10/h2-7H,1H3,(H,12,15)(H,13,14). The van der Waals surface area contributed by atoms with Crippen molar-refractivity contribution in [2.45, 2.75) is 13.0 Å². The van der Waals surface area contributed by atoms with Crippen molar-refractivity contribution >= 4 is 21.7 Å². The second-order valence-corrected chi connectivity index (χ2v) is 4.03. The Labute approximate surface area is 96.3 Å². The van der Waals surface area contributed by atoms with Gasteiger partial charge in [0, 0.05) is 18.6 Å². The molecule has 5 heteroatoms. The van der Waals surface area contributed by atoms with Gasteiger partial charge in [0.1, 0.15) is 11.6 Å². The molecule has 1 atom stereocenters. The normalized spacial score (nSPS) is 12.4. The van der Waals surface area contributed by atoms with Gasteiger partial charge in [-0.15, -0.1) is 0 Å². The summed E-state index contributed by atoms with van der Waals surface area (Å²) in [5, 5.41) is 3.26. The van der Waals surface area contributed by atoms with E-state index < -0.39 is 0 Å². The second-order valence-electron chi connectivity index (χ2n) is 3.17. The Morgan fingerprint density at radius 1 is 1.40 bits per heavy atom. The van der Waals surface area contributed by atoms with E-state index in [1.54, 1.807) is 18.6 Å². The Bertz CT molecular complexity index is 427. The molecule has 2 N–H and O–H groups in total. The van der Waals surface area contributed by atoms with Crippen molar-refractivity contribution in [3.05, 3.63) is 41.0 Å². The van der Waals surface area contributed by atoms with E-state index in [1.165, 1.54) is 0 Å². The molecule has 2 heterocycles. The summed E-state index contributed by atoms with van der Waals surface area (Å²) in [6, 6.07) is 3.93. The molecule has 0 aliphatic rings. The van der Waals surface area contributed by atoms with E-state index in [9.17, 15) is 0 Å². The number of aromatic amines is 1. The number of hydrogen-bond acceptors (Lipinski definition) is 3. The SMILES string of the molecule is CC(Nc1ncccc1Br)c1ncc[nH]1. The highest BCUT2D eigenvalue weighted by atomic mass is 79.9. The van der Waals surface area contributed by atoms with Crippen molar-refractivity contribution < 1.29 is 0 Å². The molecule has 78 valence electrons. The van der Waals surface area contributed by atoms with Crippen LogP contribution >= 0.6 is 15.9 Å². The van der Waals surface area contributed by atoms with Crippen LogP contribution in [0.2, 0.25) is 0 Å². The maximum atomic E-state index is 4.23. The summed E-state index contributed by atoms with van der Waals surface area (Å²) >= 11 is 3.43. The molecule has 0 aromatic carbocycles. The van der Waals surface area contributed by atoms with Crippen LogP contribution in [0.25, 0.3) is 0 Å². The molecular formula is C10H11BrN4. The largest absolute Gasteiger partial charge is 0.359 e. The molecule has 2 rings (SSSR count). The molecule has 15 heavy (non-hydrogen) atoms. The van der Waals surface area contributed by atoms with Gasteiger partial charge < -0.3 is 10.3 Å². The molecule has 0 aliphatic heterocycles. The van der Waals surface area contributed by atoms with Crippen molar-refractivity contribution in [2.75, 3.05) is 5.32 Å². The molecule has 0 bridgehead atoms. The second kappa shape index (κ2) is 4.44. The molecule has 2 aromatic rings. The lowest BCUT2D eigenvalue weighted by molar-refractivity contribution is 0.803. The molecule has 0 saturated heterocycles. The smallest absolute Gasteiger partial charge is 0.140 e. The van der Waals surface area contributed by atoms with Crippen molar-refractivity contribution in [3.8, 4) is 0 Å². The molecule has 1 unspecified atom stereocenters. The van der Waals surface area contributed by atoms with Crippen LogP contribution < -0.4 is 5.32 Å². The molecule has 0 fully saturated rings. The highest BCUT2D eigenvalue weighted by Crippen LogP contribution is 2.22. The van der Waals surface area contributed by atoms with Crippen LogP contribution in [-0.2, 0) is 0 Å². The van der Waals surface area contributed by atoms with Crippen LogP contribution in [0.15, 0.2) is 35.2 Å². The van der Waals surface area contributed by atoms with Crippen molar-refractivity contribution in [2.24, 2.45) is 0 Å². The van der Waals surface area contributed by atoms with Crippen LogP contribution in [0.5, 0.6) is 0 Å². The number of halogens is 1. The van der Waals surface area contributed by atoms with Gasteiger partial charge in [0.2, 0.25) is 0 Å². The lowest BCUT2D eigenvalue weighted by Crippen LogP contribution is -2.09. The zero-order chi connectivity index (χ0) is 10.7. The average Bonchev–Trinajstić information content (AvgIpc) is 2.74. The first kappa shape index (κ1) is 10.2. The Morgan fingerprint density at radius 2 is 2.27 bits per heavy atom. The van der Waals surface area contributed by atoms with Gasteiger partial charge in [0.15, 0.2) is 0 Å². The minimum absolute atomic E-state index is 0.103. The van der Waals surface area contributed by atoms with Crippen LogP contribution in [-0.4, -0.2) is 15.0 Å². The summed E-state index contributed by atoms with van der Waals surface area (Å²) in [7, 11) is 0. The van der Waals surface area contributed by atoms with Gasteiger partial charge in [-0.1, -0.05) is 0 Å². The van der Waals surface area contributed by atoms with Crippen LogP contribution in [0.4, 0.5) is 5.82 Å². The lowest BCUT2D eigenvalue weighted by Gasteiger charge is -2.12. The van der Waals surface area contributed by atoms with Gasteiger partial charge in [0.25, 0.3) is 0 Å². The van der Waals surface area contributed by atoms with E-state index in [-0.39, 0.29) is 6.04 Å². The van der Waals surface area contributed by atoms with Crippen molar-refractivity contribution in [1.82, 2.24) is 15.0 Å². The monoisotopic (exact) mass is 266 g/mol. The summed E-state index contributed by atoms with van der Waals surface area (Å²) in [6.45, 7) is 2.03. The number of imidazole rings is 1. The van der Waals surface area contributed by atoms with Crippen molar-refractivity contribution in [3.63, 3.8) is 0 Å². The van der Waals surface area contributed by atoms with Gasteiger partial charge in [-0.2, -0.15) is 0 Å². The number of pyridine rings is 1. The molecule has 0 aliphatic carbocycles. The number of anilines is 1. The topological polar surface area (TPSA) is 53.6 Å². The molecule has 2 aromatic heterocycles. The fourth-order valence-electron chi connectivity index (χ4n) is 1.28. The Kier molecular flexibility index (Phi) is 3.01. The van der Waals surface area contributed by atoms with E-state index in [4.69, 9.17) is 0 Å². The van der Waals surface area contributed by atoms with E-state index in [0.717, 1.165) is 16.1 Å². The minimum atomic E-state index is 0.103. The average molecular weight is 267 g/mol. The van der Waals surface area contributed by atoms with Gasteiger partial charge >= 0.3 is 0 Å². The Hall–Kier alpha value is -1.36. The summed E-state index contributed by atoms with van der Waals surface area (Å²) in [5.74, 6) is 1.72. The summed E-state index contributed by atoms with van der Waals surface area (Å²) < 4.78 is 0.948. The summed E-state index contributed by atoms with van der Waals surface area (Å²) in [5.41, 5.74) is 0. The van der Waals surface area contributed by atoms with E-state index in [1.807, 2.05) is 19.1 Å². The molecule has 0 saturated carbocycles. The highest BCUT2D eigenvalue weighted by Gasteiger charge is 2.09. The lowest BCUT2D eigenvalue weighted by atomic mass is 10.3. The van der Waals surface area contributed by atoms with Gasteiger partial charge in [0.05, 0.1) is 10.5 Å². The first-order chi connectivity index (χ1) is 7.27. The number of H-pyrrole nitrogens is 1. The van der Waals surface area contributed by atoms with E-state index in [2.05, 4.69) is 36.2 Å². The summed E-state index contributed by atoms with van der Waals surface area (Å²) in [4.78, 5) is 11.5. The Balaban J connectivity index is 2.13. The number of nitrogens with one attached hydrogen (secondary N) is 2. The summed E-state index contributed by atoms with van der Waals surface area (Å²) in [6.07, 6.45) is 5.30.